The quantitative estimate of drug-likeness (QED) is 0.834. The Morgan fingerprint density at radius 3 is 2.48 bits per heavy atom. The van der Waals surface area contributed by atoms with E-state index in [0.29, 0.717) is 19.4 Å². The van der Waals surface area contributed by atoms with E-state index in [1.54, 1.807) is 0 Å². The largest absolute Gasteiger partial charge is 0.356 e. The molecule has 1 atom stereocenters. The maximum Gasteiger partial charge on any atom is 0.225 e. The number of carbonyl (C=O) groups is 2. The minimum Gasteiger partial charge on any atom is -0.356 e. The summed E-state index contributed by atoms with van der Waals surface area (Å²) in [6.07, 6.45) is 1.14. The number of nitrogens with one attached hydrogen (secondary N) is 1. The molecule has 2 amide bonds. The number of carbonyl (C=O) groups excluding carboxylic acids is 2. The van der Waals surface area contributed by atoms with Crippen LogP contribution in [0.15, 0.2) is 30.3 Å². The van der Waals surface area contributed by atoms with Gasteiger partial charge in [0, 0.05) is 38.0 Å². The molecule has 0 bridgehead atoms. The van der Waals surface area contributed by atoms with Crippen LogP contribution in [0, 0.1) is 5.41 Å². The van der Waals surface area contributed by atoms with Crippen molar-refractivity contribution in [3.8, 4) is 0 Å². The second-order valence-electron chi connectivity index (χ2n) is 7.89. The van der Waals surface area contributed by atoms with E-state index in [9.17, 15) is 9.59 Å². The number of piperazine rings is 1. The topological polar surface area (TPSA) is 52.6 Å². The van der Waals surface area contributed by atoms with Gasteiger partial charge in [-0.3, -0.25) is 9.59 Å². The molecule has 1 fully saturated rings. The van der Waals surface area contributed by atoms with Crippen LogP contribution in [0.25, 0.3) is 0 Å². The molecule has 0 radical (unpaired) electrons. The summed E-state index contributed by atoms with van der Waals surface area (Å²) in [5.41, 5.74) is 0.795. The molecule has 2 rings (SSSR count). The fraction of sp³-hybridized carbons (Fsp3) is 0.600. The first kappa shape index (κ1) is 19.4. The van der Waals surface area contributed by atoms with Crippen molar-refractivity contribution in [3.63, 3.8) is 0 Å². The molecule has 1 aromatic rings. The summed E-state index contributed by atoms with van der Waals surface area (Å²) in [5, 5.41) is 2.91. The van der Waals surface area contributed by atoms with Crippen molar-refractivity contribution in [1.82, 2.24) is 15.1 Å². The summed E-state index contributed by atoms with van der Waals surface area (Å²) in [5.74, 6) is 0.202. The Balaban J connectivity index is 1.89. The zero-order valence-corrected chi connectivity index (χ0v) is 15.9. The molecule has 1 aliphatic heterocycles. The third kappa shape index (κ3) is 5.56. The number of nitrogens with zero attached hydrogens (tertiary/aromatic N) is 2. The van der Waals surface area contributed by atoms with Crippen LogP contribution in [-0.2, 0) is 9.59 Å². The monoisotopic (exact) mass is 345 g/mol. The lowest BCUT2D eigenvalue weighted by atomic mass is 9.96. The van der Waals surface area contributed by atoms with E-state index in [1.165, 1.54) is 5.56 Å². The molecule has 0 spiro atoms. The molecular weight excluding hydrogens is 314 g/mol. The average molecular weight is 345 g/mol. The van der Waals surface area contributed by atoms with Gasteiger partial charge in [0.2, 0.25) is 11.8 Å². The zero-order chi connectivity index (χ0) is 18.4. The first-order valence-electron chi connectivity index (χ1n) is 9.10. The number of hydrogen-bond acceptors (Lipinski definition) is 3. The molecule has 1 saturated heterocycles. The van der Waals surface area contributed by atoms with Gasteiger partial charge in [0.05, 0.1) is 6.04 Å². The lowest BCUT2D eigenvalue weighted by Gasteiger charge is -2.40. The number of rotatable bonds is 5. The Bertz CT molecular complexity index is 580. The molecule has 1 heterocycles. The van der Waals surface area contributed by atoms with Gasteiger partial charge in [-0.05, 0) is 19.0 Å². The lowest BCUT2D eigenvalue weighted by molar-refractivity contribution is -0.136. The standard InChI is InChI=1S/C20H31N3O2/c1-20(2,3)19(25)21-12-8-11-18(24)23-14-13-22(4)15-17(23)16-9-6-5-7-10-16/h5-7,9-10,17H,8,11-15H2,1-4H3,(H,21,25). The van der Waals surface area contributed by atoms with Crippen molar-refractivity contribution >= 4 is 11.8 Å². The van der Waals surface area contributed by atoms with Gasteiger partial charge in [-0.25, -0.2) is 0 Å². The van der Waals surface area contributed by atoms with Crippen molar-refractivity contribution in [2.75, 3.05) is 33.2 Å². The molecule has 1 N–H and O–H groups in total. The number of benzene rings is 1. The van der Waals surface area contributed by atoms with E-state index in [1.807, 2.05) is 43.9 Å². The van der Waals surface area contributed by atoms with E-state index in [2.05, 4.69) is 29.4 Å². The van der Waals surface area contributed by atoms with E-state index >= 15 is 0 Å². The number of hydrogen-bond donors (Lipinski definition) is 1. The molecule has 1 unspecified atom stereocenters. The summed E-state index contributed by atoms with van der Waals surface area (Å²) in [6, 6.07) is 10.3. The summed E-state index contributed by atoms with van der Waals surface area (Å²) < 4.78 is 0. The second kappa shape index (κ2) is 8.48. The normalized spacial score (nSPS) is 18.9. The van der Waals surface area contributed by atoms with Crippen LogP contribution >= 0.6 is 0 Å². The van der Waals surface area contributed by atoms with Crippen molar-refractivity contribution in [2.24, 2.45) is 5.41 Å². The summed E-state index contributed by atoms with van der Waals surface area (Å²) in [4.78, 5) is 28.9. The predicted octanol–water partition coefficient (Wildman–Crippen LogP) is 2.44. The van der Waals surface area contributed by atoms with Crippen LogP contribution in [0.1, 0.15) is 45.2 Å². The molecular formula is C20H31N3O2. The average Bonchev–Trinajstić information content (AvgIpc) is 2.58. The second-order valence-corrected chi connectivity index (χ2v) is 7.89. The third-order valence-corrected chi connectivity index (χ3v) is 4.62. The van der Waals surface area contributed by atoms with Crippen molar-refractivity contribution < 1.29 is 9.59 Å². The van der Waals surface area contributed by atoms with Crippen molar-refractivity contribution in [1.29, 1.82) is 0 Å². The van der Waals surface area contributed by atoms with E-state index < -0.39 is 0 Å². The Kier molecular flexibility index (Phi) is 6.59. The van der Waals surface area contributed by atoms with Crippen LogP contribution < -0.4 is 5.32 Å². The van der Waals surface area contributed by atoms with E-state index in [-0.39, 0.29) is 23.3 Å². The van der Waals surface area contributed by atoms with Gasteiger partial charge in [-0.15, -0.1) is 0 Å². The SMILES string of the molecule is CN1CCN(C(=O)CCCNC(=O)C(C)(C)C)C(c2ccccc2)C1. The van der Waals surface area contributed by atoms with Gasteiger partial charge < -0.3 is 15.1 Å². The highest BCUT2D eigenvalue weighted by Gasteiger charge is 2.29. The van der Waals surface area contributed by atoms with E-state index in [4.69, 9.17) is 0 Å². The fourth-order valence-corrected chi connectivity index (χ4v) is 3.03. The Hall–Kier alpha value is -1.88. The molecule has 0 saturated carbocycles. The maximum absolute atomic E-state index is 12.7. The predicted molar refractivity (Wildman–Crippen MR) is 100 cm³/mol. The van der Waals surface area contributed by atoms with Crippen molar-refractivity contribution in [2.45, 2.75) is 39.7 Å². The molecule has 0 aromatic heterocycles. The summed E-state index contributed by atoms with van der Waals surface area (Å²) in [7, 11) is 2.10. The summed E-state index contributed by atoms with van der Waals surface area (Å²) in [6.45, 7) is 8.73. The number of likely N-dealkylation sites (N-methyl/N-ethyl adjacent to an activating group) is 1. The fourth-order valence-electron chi connectivity index (χ4n) is 3.03. The molecule has 1 aromatic carbocycles. The minimum absolute atomic E-state index is 0.0294. The molecule has 5 nitrogen and oxygen atoms in total. The van der Waals surface area contributed by atoms with E-state index in [0.717, 1.165) is 19.6 Å². The maximum atomic E-state index is 12.7. The van der Waals surface area contributed by atoms with Gasteiger partial charge in [-0.1, -0.05) is 51.1 Å². The van der Waals surface area contributed by atoms with Crippen LogP contribution in [0.5, 0.6) is 0 Å². The first-order chi connectivity index (χ1) is 11.8. The van der Waals surface area contributed by atoms with Crippen LogP contribution in [0.3, 0.4) is 0 Å². The van der Waals surface area contributed by atoms with Crippen LogP contribution in [0.4, 0.5) is 0 Å². The Labute approximate surface area is 151 Å². The Morgan fingerprint density at radius 2 is 1.84 bits per heavy atom. The highest BCUT2D eigenvalue weighted by atomic mass is 16.2. The highest BCUT2D eigenvalue weighted by molar-refractivity contribution is 5.81. The molecule has 0 aliphatic carbocycles. The van der Waals surface area contributed by atoms with Gasteiger partial charge in [-0.2, -0.15) is 0 Å². The van der Waals surface area contributed by atoms with Crippen molar-refractivity contribution in [3.05, 3.63) is 35.9 Å². The van der Waals surface area contributed by atoms with Crippen LogP contribution in [-0.4, -0.2) is 54.8 Å². The third-order valence-electron chi connectivity index (χ3n) is 4.62. The van der Waals surface area contributed by atoms with Gasteiger partial charge in [0.15, 0.2) is 0 Å². The highest BCUT2D eigenvalue weighted by Crippen LogP contribution is 2.25. The summed E-state index contributed by atoms with van der Waals surface area (Å²) >= 11 is 0. The van der Waals surface area contributed by atoms with Gasteiger partial charge in [0.1, 0.15) is 0 Å². The molecule has 5 heteroatoms. The van der Waals surface area contributed by atoms with Gasteiger partial charge in [0.25, 0.3) is 0 Å². The van der Waals surface area contributed by atoms with Gasteiger partial charge >= 0.3 is 0 Å². The first-order valence-corrected chi connectivity index (χ1v) is 9.10. The molecule has 25 heavy (non-hydrogen) atoms. The smallest absolute Gasteiger partial charge is 0.225 e. The minimum atomic E-state index is -0.389. The molecule has 138 valence electrons. The lowest BCUT2D eigenvalue weighted by Crippen LogP contribution is -2.49. The molecule has 1 aliphatic rings. The zero-order valence-electron chi connectivity index (χ0n) is 15.9. The number of amides is 2. The Morgan fingerprint density at radius 1 is 1.16 bits per heavy atom. The van der Waals surface area contributed by atoms with Crippen LogP contribution in [0.2, 0.25) is 0 Å².